The second-order valence-electron chi connectivity index (χ2n) is 2.93. The number of para-hydroxylation sites is 1. The van der Waals surface area contributed by atoms with E-state index in [0.717, 1.165) is 0 Å². The second-order valence-corrected chi connectivity index (χ2v) is 2.93. The fraction of sp³-hybridized carbons (Fsp3) is 0. The minimum absolute atomic E-state index is 0.337. The number of rotatable bonds is 2. The third kappa shape index (κ3) is 2.19. The van der Waals surface area contributed by atoms with Crippen molar-refractivity contribution in [2.75, 3.05) is 11.1 Å². The van der Waals surface area contributed by atoms with Crippen LogP contribution in [0.1, 0.15) is 0 Å². The van der Waals surface area contributed by atoms with Crippen molar-refractivity contribution in [1.82, 2.24) is 9.97 Å². The number of benzene rings is 1. The molecular weight excluding hydrogens is 195 g/mol. The van der Waals surface area contributed by atoms with Gasteiger partial charge < -0.3 is 11.1 Å². The Kier molecular flexibility index (Phi) is 2.45. The van der Waals surface area contributed by atoms with Crippen LogP contribution in [-0.4, -0.2) is 9.97 Å². The molecule has 3 N–H and O–H groups in total. The third-order valence-electron chi connectivity index (χ3n) is 1.82. The summed E-state index contributed by atoms with van der Waals surface area (Å²) >= 11 is 0. The number of hydrogen-bond acceptors (Lipinski definition) is 4. The van der Waals surface area contributed by atoms with Crippen LogP contribution in [0.25, 0.3) is 0 Å². The lowest BCUT2D eigenvalue weighted by atomic mass is 10.3. The van der Waals surface area contributed by atoms with Crippen LogP contribution in [-0.2, 0) is 0 Å². The Balaban J connectivity index is 2.26. The van der Waals surface area contributed by atoms with Crippen molar-refractivity contribution in [3.63, 3.8) is 0 Å². The molecule has 0 atom stereocenters. The molecule has 2 aromatic rings. The van der Waals surface area contributed by atoms with E-state index in [1.807, 2.05) is 0 Å². The van der Waals surface area contributed by atoms with E-state index in [4.69, 9.17) is 5.73 Å². The van der Waals surface area contributed by atoms with Gasteiger partial charge in [0.25, 0.3) is 0 Å². The zero-order chi connectivity index (χ0) is 10.7. The van der Waals surface area contributed by atoms with Gasteiger partial charge in [0.1, 0.15) is 23.8 Å². The topological polar surface area (TPSA) is 63.8 Å². The van der Waals surface area contributed by atoms with Crippen molar-refractivity contribution in [2.24, 2.45) is 0 Å². The molecule has 0 spiro atoms. The Labute approximate surface area is 86.0 Å². The molecule has 0 aliphatic rings. The number of nitrogens with one attached hydrogen (secondary N) is 1. The number of nitrogens with two attached hydrogens (primary N) is 1. The Morgan fingerprint density at radius 3 is 2.73 bits per heavy atom. The van der Waals surface area contributed by atoms with Crippen molar-refractivity contribution in [2.45, 2.75) is 0 Å². The van der Waals surface area contributed by atoms with Crippen LogP contribution < -0.4 is 11.1 Å². The standard InChI is InChI=1S/C10H9FN4/c11-7-3-1-2-4-8(7)15-10-5-9(12)13-6-14-10/h1-6H,(H3,12,13,14,15). The van der Waals surface area contributed by atoms with Crippen LogP contribution in [0, 0.1) is 5.82 Å². The van der Waals surface area contributed by atoms with Gasteiger partial charge in [0, 0.05) is 6.07 Å². The van der Waals surface area contributed by atoms with E-state index >= 15 is 0 Å². The smallest absolute Gasteiger partial charge is 0.146 e. The third-order valence-corrected chi connectivity index (χ3v) is 1.82. The zero-order valence-electron chi connectivity index (χ0n) is 7.81. The van der Waals surface area contributed by atoms with Gasteiger partial charge in [-0.1, -0.05) is 12.1 Å². The molecule has 1 heterocycles. The summed E-state index contributed by atoms with van der Waals surface area (Å²) < 4.78 is 13.2. The molecule has 2 rings (SSSR count). The highest BCUT2D eigenvalue weighted by Crippen LogP contribution is 2.17. The van der Waals surface area contributed by atoms with Gasteiger partial charge in [0.2, 0.25) is 0 Å². The number of nitrogen functional groups attached to an aromatic ring is 1. The molecule has 0 unspecified atom stereocenters. The normalized spacial score (nSPS) is 9.93. The molecule has 1 aromatic heterocycles. The largest absolute Gasteiger partial charge is 0.384 e. The van der Waals surface area contributed by atoms with Crippen molar-refractivity contribution < 1.29 is 4.39 Å². The lowest BCUT2D eigenvalue weighted by Gasteiger charge is -2.05. The van der Waals surface area contributed by atoms with Crippen molar-refractivity contribution in [3.05, 3.63) is 42.5 Å². The van der Waals surface area contributed by atoms with Crippen molar-refractivity contribution in [1.29, 1.82) is 0 Å². The Hall–Kier alpha value is -2.17. The maximum atomic E-state index is 13.2. The molecule has 0 aliphatic heterocycles. The monoisotopic (exact) mass is 204 g/mol. The summed E-state index contributed by atoms with van der Waals surface area (Å²) in [7, 11) is 0. The summed E-state index contributed by atoms with van der Waals surface area (Å²) in [5, 5.41) is 2.81. The summed E-state index contributed by atoms with van der Waals surface area (Å²) in [6.45, 7) is 0. The molecule has 4 nitrogen and oxygen atoms in total. The first-order valence-electron chi connectivity index (χ1n) is 4.35. The number of anilines is 3. The van der Waals surface area contributed by atoms with E-state index in [2.05, 4.69) is 15.3 Å². The molecule has 0 saturated carbocycles. The number of hydrogen-bond donors (Lipinski definition) is 2. The highest BCUT2D eigenvalue weighted by atomic mass is 19.1. The van der Waals surface area contributed by atoms with Crippen LogP contribution in [0.4, 0.5) is 21.7 Å². The minimum atomic E-state index is -0.338. The highest BCUT2D eigenvalue weighted by Gasteiger charge is 2.01. The molecule has 0 radical (unpaired) electrons. The lowest BCUT2D eigenvalue weighted by Crippen LogP contribution is -1.98. The summed E-state index contributed by atoms with van der Waals surface area (Å²) in [6, 6.07) is 7.87. The second kappa shape index (κ2) is 3.91. The average Bonchev–Trinajstić information content (AvgIpc) is 2.22. The van der Waals surface area contributed by atoms with E-state index in [-0.39, 0.29) is 5.82 Å². The fourth-order valence-corrected chi connectivity index (χ4v) is 1.14. The fourth-order valence-electron chi connectivity index (χ4n) is 1.14. The lowest BCUT2D eigenvalue weighted by molar-refractivity contribution is 0.632. The average molecular weight is 204 g/mol. The van der Waals surface area contributed by atoms with E-state index in [0.29, 0.717) is 17.3 Å². The SMILES string of the molecule is Nc1cc(Nc2ccccc2F)ncn1. The maximum absolute atomic E-state index is 13.2. The molecule has 0 saturated heterocycles. The molecule has 5 heteroatoms. The Morgan fingerprint density at radius 1 is 1.20 bits per heavy atom. The van der Waals surface area contributed by atoms with Crippen LogP contribution in [0.5, 0.6) is 0 Å². The van der Waals surface area contributed by atoms with E-state index in [1.165, 1.54) is 18.5 Å². The van der Waals surface area contributed by atoms with Gasteiger partial charge in [0.05, 0.1) is 5.69 Å². The highest BCUT2D eigenvalue weighted by molar-refractivity contribution is 5.58. The molecule has 0 amide bonds. The number of aromatic nitrogens is 2. The van der Waals surface area contributed by atoms with Gasteiger partial charge in [-0.25, -0.2) is 14.4 Å². The quantitative estimate of drug-likeness (QED) is 0.784. The molecule has 0 aliphatic carbocycles. The summed E-state index contributed by atoms with van der Waals surface area (Å²) in [5.74, 6) is 0.464. The maximum Gasteiger partial charge on any atom is 0.146 e. The molecule has 0 fully saturated rings. The van der Waals surface area contributed by atoms with Crippen LogP contribution in [0.15, 0.2) is 36.7 Å². The zero-order valence-corrected chi connectivity index (χ0v) is 7.81. The number of nitrogens with zero attached hydrogens (tertiary/aromatic N) is 2. The first-order chi connectivity index (χ1) is 7.25. The van der Waals surface area contributed by atoms with Gasteiger partial charge >= 0.3 is 0 Å². The van der Waals surface area contributed by atoms with Gasteiger partial charge in [-0.2, -0.15) is 0 Å². The first-order valence-corrected chi connectivity index (χ1v) is 4.35. The predicted molar refractivity (Wildman–Crippen MR) is 56.1 cm³/mol. The Morgan fingerprint density at radius 2 is 2.00 bits per heavy atom. The van der Waals surface area contributed by atoms with Crippen LogP contribution in [0.2, 0.25) is 0 Å². The molecule has 76 valence electrons. The molecule has 1 aromatic carbocycles. The molecule has 15 heavy (non-hydrogen) atoms. The van der Waals surface area contributed by atoms with Crippen molar-refractivity contribution in [3.8, 4) is 0 Å². The minimum Gasteiger partial charge on any atom is -0.384 e. The summed E-state index contributed by atoms with van der Waals surface area (Å²) in [4.78, 5) is 7.64. The van der Waals surface area contributed by atoms with Crippen molar-refractivity contribution >= 4 is 17.3 Å². The summed E-state index contributed by atoms with van der Waals surface area (Å²) in [6.07, 6.45) is 1.32. The van der Waals surface area contributed by atoms with Gasteiger partial charge in [-0.3, -0.25) is 0 Å². The summed E-state index contributed by atoms with van der Waals surface area (Å²) in [5.41, 5.74) is 5.82. The molecular formula is C10H9FN4. The van der Waals surface area contributed by atoms with Crippen LogP contribution >= 0.6 is 0 Å². The van der Waals surface area contributed by atoms with Gasteiger partial charge in [-0.05, 0) is 12.1 Å². The van der Waals surface area contributed by atoms with E-state index in [9.17, 15) is 4.39 Å². The van der Waals surface area contributed by atoms with Gasteiger partial charge in [0.15, 0.2) is 0 Å². The van der Waals surface area contributed by atoms with E-state index in [1.54, 1.807) is 18.2 Å². The van der Waals surface area contributed by atoms with Crippen LogP contribution in [0.3, 0.4) is 0 Å². The van der Waals surface area contributed by atoms with Gasteiger partial charge in [-0.15, -0.1) is 0 Å². The first kappa shape index (κ1) is 9.39. The number of halogens is 1. The Bertz CT molecular complexity index is 472. The molecule has 0 bridgehead atoms. The predicted octanol–water partition coefficient (Wildman–Crippen LogP) is 1.94. The van der Waals surface area contributed by atoms with E-state index < -0.39 is 0 Å².